The highest BCUT2D eigenvalue weighted by Gasteiger charge is 2.19. The van der Waals surface area contributed by atoms with Crippen molar-refractivity contribution in [1.29, 1.82) is 0 Å². The van der Waals surface area contributed by atoms with Crippen LogP contribution in [0.15, 0.2) is 24.4 Å². The number of rotatable bonds is 6. The van der Waals surface area contributed by atoms with E-state index in [-0.39, 0.29) is 5.54 Å². The number of nitrogens with one attached hydrogen (secondary N) is 1. The molecular weight excluding hydrogens is 266 g/mol. The topological polar surface area (TPSA) is 69.4 Å². The lowest BCUT2D eigenvalue weighted by Gasteiger charge is -2.27. The Labute approximate surface area is 125 Å². The third kappa shape index (κ3) is 3.36. The van der Waals surface area contributed by atoms with Crippen LogP contribution in [-0.4, -0.2) is 31.3 Å². The van der Waals surface area contributed by atoms with E-state index >= 15 is 0 Å². The first-order valence-electron chi connectivity index (χ1n) is 7.00. The largest absolute Gasteiger partial charge is 0.493 e. The van der Waals surface area contributed by atoms with Gasteiger partial charge in [-0.1, -0.05) is 0 Å². The van der Waals surface area contributed by atoms with Gasteiger partial charge in [0, 0.05) is 17.1 Å². The predicted molar refractivity (Wildman–Crippen MR) is 86.2 cm³/mol. The van der Waals surface area contributed by atoms with Gasteiger partial charge in [0.05, 0.1) is 14.2 Å². The van der Waals surface area contributed by atoms with E-state index in [0.29, 0.717) is 18.0 Å². The number of methoxy groups -OCH3 is 2. The molecule has 5 heteroatoms. The van der Waals surface area contributed by atoms with Crippen molar-refractivity contribution in [2.75, 3.05) is 26.1 Å². The number of hydrogen-bond acceptors (Lipinski definition) is 5. The van der Waals surface area contributed by atoms with Gasteiger partial charge in [-0.25, -0.2) is 4.98 Å². The average molecular weight is 289 g/mol. The molecule has 2 rings (SSSR count). The fourth-order valence-electron chi connectivity index (χ4n) is 2.34. The van der Waals surface area contributed by atoms with Gasteiger partial charge in [-0.15, -0.1) is 0 Å². The van der Waals surface area contributed by atoms with Crippen molar-refractivity contribution in [3.05, 3.63) is 24.4 Å². The number of anilines is 1. The number of ether oxygens (including phenoxy) is 2. The van der Waals surface area contributed by atoms with Crippen molar-refractivity contribution in [2.45, 2.75) is 25.8 Å². The van der Waals surface area contributed by atoms with E-state index in [1.807, 2.05) is 18.2 Å². The summed E-state index contributed by atoms with van der Waals surface area (Å²) in [5.41, 5.74) is 5.55. The lowest BCUT2D eigenvalue weighted by Crippen LogP contribution is -2.33. The van der Waals surface area contributed by atoms with Gasteiger partial charge in [-0.2, -0.15) is 0 Å². The summed E-state index contributed by atoms with van der Waals surface area (Å²) in [5.74, 6) is 2.23. The van der Waals surface area contributed by atoms with Crippen LogP contribution in [0.1, 0.15) is 20.3 Å². The molecule has 1 aromatic carbocycles. The molecule has 0 spiro atoms. The van der Waals surface area contributed by atoms with Gasteiger partial charge in [0.15, 0.2) is 11.5 Å². The summed E-state index contributed by atoms with van der Waals surface area (Å²) in [7, 11) is 3.26. The van der Waals surface area contributed by atoms with Crippen molar-refractivity contribution < 1.29 is 9.47 Å². The average Bonchev–Trinajstić information content (AvgIpc) is 2.45. The maximum absolute atomic E-state index is 5.67. The van der Waals surface area contributed by atoms with Crippen molar-refractivity contribution >= 4 is 16.6 Å². The number of hydrogen-bond donors (Lipinski definition) is 2. The highest BCUT2D eigenvalue weighted by atomic mass is 16.5. The zero-order valence-corrected chi connectivity index (χ0v) is 13.1. The molecule has 21 heavy (non-hydrogen) atoms. The summed E-state index contributed by atoms with van der Waals surface area (Å²) in [4.78, 5) is 4.46. The zero-order chi connectivity index (χ0) is 15.5. The van der Waals surface area contributed by atoms with E-state index < -0.39 is 0 Å². The summed E-state index contributed by atoms with van der Waals surface area (Å²) in [6.45, 7) is 4.85. The van der Waals surface area contributed by atoms with E-state index in [4.69, 9.17) is 15.2 Å². The maximum Gasteiger partial charge on any atom is 0.161 e. The Morgan fingerprint density at radius 2 is 1.86 bits per heavy atom. The number of nitrogens with zero attached hydrogens (tertiary/aromatic N) is 1. The Morgan fingerprint density at radius 3 is 2.48 bits per heavy atom. The standard InChI is InChI=1S/C16H23N3O2/c1-16(2,6-7-17)19-15-12-10-14(21-4)13(20-3)9-11(12)5-8-18-15/h5,8-10H,6-7,17H2,1-4H3,(H,18,19). The van der Waals surface area contributed by atoms with Crippen LogP contribution in [0.2, 0.25) is 0 Å². The predicted octanol–water partition coefficient (Wildman–Crippen LogP) is 2.79. The van der Waals surface area contributed by atoms with Gasteiger partial charge in [0.25, 0.3) is 0 Å². The summed E-state index contributed by atoms with van der Waals surface area (Å²) >= 11 is 0. The van der Waals surface area contributed by atoms with Crippen molar-refractivity contribution in [3.63, 3.8) is 0 Å². The third-order valence-electron chi connectivity index (χ3n) is 3.49. The quantitative estimate of drug-likeness (QED) is 0.855. The molecular formula is C16H23N3O2. The molecule has 2 aromatic rings. The molecule has 114 valence electrons. The lowest BCUT2D eigenvalue weighted by atomic mass is 10.00. The first-order valence-corrected chi connectivity index (χ1v) is 7.00. The molecule has 0 bridgehead atoms. The molecule has 3 N–H and O–H groups in total. The number of benzene rings is 1. The first kappa shape index (κ1) is 15.4. The Kier molecular flexibility index (Phi) is 4.53. The number of aromatic nitrogens is 1. The summed E-state index contributed by atoms with van der Waals surface area (Å²) in [6, 6.07) is 5.86. The molecule has 0 aliphatic heterocycles. The van der Waals surface area contributed by atoms with Crippen molar-refractivity contribution in [3.8, 4) is 11.5 Å². The monoisotopic (exact) mass is 289 g/mol. The van der Waals surface area contributed by atoms with E-state index in [0.717, 1.165) is 23.0 Å². The zero-order valence-electron chi connectivity index (χ0n) is 13.1. The van der Waals surface area contributed by atoms with Gasteiger partial charge in [0.1, 0.15) is 5.82 Å². The van der Waals surface area contributed by atoms with E-state index in [9.17, 15) is 0 Å². The molecule has 1 aromatic heterocycles. The molecule has 0 radical (unpaired) electrons. The van der Waals surface area contributed by atoms with E-state index in [1.54, 1.807) is 20.4 Å². The summed E-state index contributed by atoms with van der Waals surface area (Å²) in [5, 5.41) is 5.51. The minimum absolute atomic E-state index is 0.122. The van der Waals surface area contributed by atoms with Gasteiger partial charge in [0.2, 0.25) is 0 Å². The van der Waals surface area contributed by atoms with Crippen molar-refractivity contribution in [1.82, 2.24) is 4.98 Å². The highest BCUT2D eigenvalue weighted by molar-refractivity contribution is 5.94. The minimum atomic E-state index is -0.122. The van der Waals surface area contributed by atoms with Crippen molar-refractivity contribution in [2.24, 2.45) is 5.73 Å². The Morgan fingerprint density at radius 1 is 1.19 bits per heavy atom. The van der Waals surface area contributed by atoms with Crippen LogP contribution in [0.25, 0.3) is 10.8 Å². The van der Waals surface area contributed by atoms with Gasteiger partial charge in [-0.05, 0) is 50.4 Å². The van der Waals surface area contributed by atoms with Crippen LogP contribution >= 0.6 is 0 Å². The molecule has 0 atom stereocenters. The van der Waals surface area contributed by atoms with Crippen LogP contribution in [0.5, 0.6) is 11.5 Å². The number of pyridine rings is 1. The third-order valence-corrected chi connectivity index (χ3v) is 3.49. The summed E-state index contributed by atoms with van der Waals surface area (Å²) in [6.07, 6.45) is 2.65. The second-order valence-electron chi connectivity index (χ2n) is 5.64. The number of nitrogens with two attached hydrogens (primary N) is 1. The van der Waals surface area contributed by atoms with Gasteiger partial charge < -0.3 is 20.5 Å². The molecule has 0 amide bonds. The molecule has 0 aliphatic rings. The molecule has 0 saturated heterocycles. The minimum Gasteiger partial charge on any atom is -0.493 e. The maximum atomic E-state index is 5.67. The van der Waals surface area contributed by atoms with E-state index in [2.05, 4.69) is 24.1 Å². The Balaban J connectivity index is 2.50. The molecule has 0 unspecified atom stereocenters. The van der Waals surface area contributed by atoms with Crippen LogP contribution in [0, 0.1) is 0 Å². The SMILES string of the molecule is COc1cc2ccnc(NC(C)(C)CCN)c2cc1OC. The van der Waals surface area contributed by atoms with Gasteiger partial charge in [-0.3, -0.25) is 0 Å². The van der Waals surface area contributed by atoms with Crippen LogP contribution in [0.4, 0.5) is 5.82 Å². The molecule has 0 fully saturated rings. The normalized spacial score (nSPS) is 11.5. The van der Waals surface area contributed by atoms with Crippen LogP contribution < -0.4 is 20.5 Å². The second-order valence-corrected chi connectivity index (χ2v) is 5.64. The summed E-state index contributed by atoms with van der Waals surface area (Å²) < 4.78 is 10.7. The Bertz CT molecular complexity index is 626. The molecule has 0 saturated carbocycles. The molecule has 0 aliphatic carbocycles. The molecule has 1 heterocycles. The molecule has 5 nitrogen and oxygen atoms in total. The smallest absolute Gasteiger partial charge is 0.161 e. The fraction of sp³-hybridized carbons (Fsp3) is 0.438. The van der Waals surface area contributed by atoms with Gasteiger partial charge >= 0.3 is 0 Å². The highest BCUT2D eigenvalue weighted by Crippen LogP contribution is 2.35. The van der Waals surface area contributed by atoms with Crippen LogP contribution in [0.3, 0.4) is 0 Å². The van der Waals surface area contributed by atoms with E-state index in [1.165, 1.54) is 0 Å². The number of fused-ring (bicyclic) bond motifs is 1. The first-order chi connectivity index (χ1) is 10.0. The lowest BCUT2D eigenvalue weighted by molar-refractivity contribution is 0.356. The second kappa shape index (κ2) is 6.18. The fourth-order valence-corrected chi connectivity index (χ4v) is 2.34. The van der Waals surface area contributed by atoms with Crippen LogP contribution in [-0.2, 0) is 0 Å². The Hall–Kier alpha value is -2.01.